The molecule has 0 radical (unpaired) electrons. The lowest BCUT2D eigenvalue weighted by Crippen LogP contribution is -2.33. The van der Waals surface area contributed by atoms with Crippen molar-refractivity contribution < 1.29 is 8.96 Å². The van der Waals surface area contributed by atoms with Gasteiger partial charge < -0.3 is 5.73 Å². The van der Waals surface area contributed by atoms with Crippen molar-refractivity contribution in [2.75, 3.05) is 0 Å². The van der Waals surface area contributed by atoms with E-state index in [2.05, 4.69) is 0 Å². The zero-order chi connectivity index (χ0) is 14.3. The fourth-order valence-electron chi connectivity index (χ4n) is 2.27. The van der Waals surface area contributed by atoms with Crippen molar-refractivity contribution in [1.29, 1.82) is 5.41 Å². The summed E-state index contributed by atoms with van der Waals surface area (Å²) in [5, 5.41) is 7.31. The molecule has 0 aliphatic rings. The van der Waals surface area contributed by atoms with Gasteiger partial charge in [0.25, 0.3) is 0 Å². The van der Waals surface area contributed by atoms with Gasteiger partial charge >= 0.3 is 5.65 Å². The van der Waals surface area contributed by atoms with Crippen molar-refractivity contribution in [2.45, 2.75) is 6.54 Å². The van der Waals surface area contributed by atoms with E-state index >= 15 is 0 Å². The number of nitrogen functional groups attached to an aromatic ring is 1. The van der Waals surface area contributed by atoms with Gasteiger partial charge in [-0.25, -0.2) is 13.6 Å². The number of aromatic nitrogens is 3. The predicted molar refractivity (Wildman–Crippen MR) is 73.1 cm³/mol. The van der Waals surface area contributed by atoms with Crippen molar-refractivity contribution >= 4 is 11.5 Å². The van der Waals surface area contributed by atoms with Gasteiger partial charge in [-0.05, 0) is 6.07 Å². The second-order valence-corrected chi connectivity index (χ2v) is 4.74. The quantitative estimate of drug-likeness (QED) is 0.417. The van der Waals surface area contributed by atoms with Crippen LogP contribution in [-0.2, 0) is 13.6 Å². The zero-order valence-corrected chi connectivity index (χ0v) is 11.0. The minimum atomic E-state index is -0.347. The Morgan fingerprint density at radius 3 is 2.85 bits per heavy atom. The first kappa shape index (κ1) is 12.4. The van der Waals surface area contributed by atoms with E-state index in [1.54, 1.807) is 12.1 Å². The second kappa shape index (κ2) is 4.48. The Kier molecular flexibility index (Phi) is 2.78. The first-order valence-electron chi connectivity index (χ1n) is 6.21. The summed E-state index contributed by atoms with van der Waals surface area (Å²) in [6.07, 6.45) is 5.78. The lowest BCUT2D eigenvalue weighted by Gasteiger charge is -2.03. The lowest BCUT2D eigenvalue weighted by molar-refractivity contribution is -0.662. The number of benzene rings is 1. The van der Waals surface area contributed by atoms with Crippen LogP contribution in [0.1, 0.15) is 11.1 Å². The van der Waals surface area contributed by atoms with Crippen LogP contribution in [0.3, 0.4) is 0 Å². The van der Waals surface area contributed by atoms with E-state index in [1.807, 2.05) is 45.5 Å². The van der Waals surface area contributed by atoms with Crippen molar-refractivity contribution in [3.8, 4) is 0 Å². The average Bonchev–Trinajstić information content (AvgIpc) is 2.96. The van der Waals surface area contributed by atoms with Gasteiger partial charge in [0.1, 0.15) is 24.4 Å². The number of nitrogens with one attached hydrogen (secondary N) is 1. The highest BCUT2D eigenvalue weighted by atomic mass is 19.1. The van der Waals surface area contributed by atoms with Gasteiger partial charge in [0.2, 0.25) is 0 Å². The van der Waals surface area contributed by atoms with Crippen molar-refractivity contribution in [3.63, 3.8) is 0 Å². The summed E-state index contributed by atoms with van der Waals surface area (Å²) in [5.74, 6) is -0.474. The summed E-state index contributed by atoms with van der Waals surface area (Å²) >= 11 is 0. The molecule has 0 unspecified atom stereocenters. The molecule has 0 spiro atoms. The van der Waals surface area contributed by atoms with Crippen LogP contribution in [0.5, 0.6) is 0 Å². The number of hydrogen-bond acceptors (Lipinski definition) is 1. The Morgan fingerprint density at radius 2 is 2.15 bits per heavy atom. The molecular formula is C14H15FN5+. The highest BCUT2D eigenvalue weighted by Gasteiger charge is 2.14. The van der Waals surface area contributed by atoms with Crippen LogP contribution in [0.2, 0.25) is 0 Å². The molecule has 3 rings (SSSR count). The van der Waals surface area contributed by atoms with Gasteiger partial charge in [-0.2, -0.15) is 0 Å². The predicted octanol–water partition coefficient (Wildman–Crippen LogP) is 1.04. The molecule has 0 amide bonds. The smallest absolute Gasteiger partial charge is 0.307 e. The number of aryl methyl sites for hydroxylation is 1. The summed E-state index contributed by atoms with van der Waals surface area (Å²) in [7, 11) is 1.94. The standard InChI is InChI=1S/C14H15FN5/c1-18-5-4-13-19(6-7-20(13)18)9-11-3-2-10(14(16)17)8-12(11)15/h2-8H,9H2,1H3,(H3,16,17)/q+1. The van der Waals surface area contributed by atoms with Gasteiger partial charge in [-0.1, -0.05) is 12.1 Å². The molecule has 5 nitrogen and oxygen atoms in total. The first-order valence-corrected chi connectivity index (χ1v) is 6.21. The molecule has 20 heavy (non-hydrogen) atoms. The molecule has 0 saturated carbocycles. The van der Waals surface area contributed by atoms with Crippen molar-refractivity contribution in [3.05, 3.63) is 59.8 Å². The number of hydrogen-bond donors (Lipinski definition) is 2. The Balaban J connectivity index is 1.96. The largest absolute Gasteiger partial charge is 0.384 e. The van der Waals surface area contributed by atoms with Crippen LogP contribution in [0, 0.1) is 11.2 Å². The van der Waals surface area contributed by atoms with Crippen LogP contribution in [0.25, 0.3) is 5.65 Å². The van der Waals surface area contributed by atoms with E-state index in [9.17, 15) is 4.39 Å². The molecule has 0 atom stereocenters. The maximum absolute atomic E-state index is 14.0. The summed E-state index contributed by atoms with van der Waals surface area (Å²) < 4.78 is 19.9. The van der Waals surface area contributed by atoms with E-state index in [4.69, 9.17) is 11.1 Å². The minimum absolute atomic E-state index is 0.127. The topological polar surface area (TPSA) is 63.1 Å². The molecule has 0 fully saturated rings. The number of halogens is 1. The van der Waals surface area contributed by atoms with Crippen LogP contribution in [0.4, 0.5) is 4.39 Å². The Morgan fingerprint density at radius 1 is 1.35 bits per heavy atom. The zero-order valence-electron chi connectivity index (χ0n) is 11.0. The molecule has 3 aromatic rings. The Labute approximate surface area is 115 Å². The van der Waals surface area contributed by atoms with Crippen molar-refractivity contribution in [2.24, 2.45) is 12.8 Å². The second-order valence-electron chi connectivity index (χ2n) is 4.74. The summed E-state index contributed by atoms with van der Waals surface area (Å²) in [4.78, 5) is 0. The van der Waals surface area contributed by atoms with Gasteiger partial charge in [-0.15, -0.1) is 4.52 Å². The molecule has 0 aliphatic heterocycles. The molecular weight excluding hydrogens is 257 g/mol. The molecule has 0 saturated heterocycles. The fourth-order valence-corrected chi connectivity index (χ4v) is 2.27. The highest BCUT2D eigenvalue weighted by Crippen LogP contribution is 2.11. The van der Waals surface area contributed by atoms with Gasteiger partial charge in [0.05, 0.1) is 0 Å². The summed E-state index contributed by atoms with van der Waals surface area (Å²) in [5.41, 5.74) is 7.31. The van der Waals surface area contributed by atoms with Crippen LogP contribution >= 0.6 is 0 Å². The molecule has 2 aromatic heterocycles. The fraction of sp³-hybridized carbons (Fsp3) is 0.143. The third-order valence-electron chi connectivity index (χ3n) is 3.40. The summed E-state index contributed by atoms with van der Waals surface area (Å²) in [6.45, 7) is 0.435. The van der Waals surface area contributed by atoms with Crippen LogP contribution in [0.15, 0.2) is 42.9 Å². The Bertz CT molecular complexity index is 799. The van der Waals surface area contributed by atoms with E-state index in [1.165, 1.54) is 6.07 Å². The lowest BCUT2D eigenvalue weighted by atomic mass is 10.1. The number of nitrogens with two attached hydrogens (primary N) is 1. The third kappa shape index (κ3) is 1.95. The van der Waals surface area contributed by atoms with E-state index in [0.29, 0.717) is 17.7 Å². The maximum Gasteiger partial charge on any atom is 0.307 e. The van der Waals surface area contributed by atoms with E-state index in [-0.39, 0.29) is 11.7 Å². The van der Waals surface area contributed by atoms with Gasteiger partial charge in [0, 0.05) is 30.4 Å². The summed E-state index contributed by atoms with van der Waals surface area (Å²) in [6, 6.07) is 6.61. The van der Waals surface area contributed by atoms with Crippen molar-refractivity contribution in [1.82, 2.24) is 9.20 Å². The molecule has 102 valence electrons. The number of amidine groups is 1. The van der Waals surface area contributed by atoms with Gasteiger partial charge in [-0.3, -0.25) is 5.41 Å². The Hall–Kier alpha value is -2.63. The molecule has 0 aliphatic carbocycles. The molecule has 1 aromatic carbocycles. The van der Waals surface area contributed by atoms with Gasteiger partial charge in [0.15, 0.2) is 6.20 Å². The molecule has 0 bridgehead atoms. The number of fused-ring (bicyclic) bond motifs is 1. The van der Waals surface area contributed by atoms with Crippen LogP contribution < -0.4 is 10.3 Å². The third-order valence-corrected chi connectivity index (χ3v) is 3.40. The molecule has 6 heteroatoms. The highest BCUT2D eigenvalue weighted by molar-refractivity contribution is 5.94. The minimum Gasteiger partial charge on any atom is -0.384 e. The van der Waals surface area contributed by atoms with E-state index in [0.717, 1.165) is 5.65 Å². The monoisotopic (exact) mass is 272 g/mol. The normalized spacial score (nSPS) is 11.1. The SMILES string of the molecule is Cn1ccc2n1cc[n+]2Cc1ccc(C(=N)N)cc1F. The maximum atomic E-state index is 14.0. The number of rotatable bonds is 3. The number of imidazole rings is 1. The van der Waals surface area contributed by atoms with Crippen LogP contribution in [-0.4, -0.2) is 15.0 Å². The first-order chi connectivity index (χ1) is 9.56. The van der Waals surface area contributed by atoms with E-state index < -0.39 is 0 Å². The average molecular weight is 272 g/mol. The molecule has 3 N–H and O–H groups in total. The molecule has 2 heterocycles. The number of nitrogens with zero attached hydrogens (tertiary/aromatic N) is 3.